The van der Waals surface area contributed by atoms with Crippen molar-refractivity contribution >= 4 is 12.6 Å². The highest BCUT2D eigenvalue weighted by atomic mass is 16.7. The van der Waals surface area contributed by atoms with Gasteiger partial charge in [0.1, 0.15) is 0 Å². The van der Waals surface area contributed by atoms with Gasteiger partial charge in [0.25, 0.3) is 0 Å². The van der Waals surface area contributed by atoms with Crippen molar-refractivity contribution in [3.8, 4) is 0 Å². The lowest BCUT2D eigenvalue weighted by molar-refractivity contribution is 0.00578. The monoisotopic (exact) mass is 362 g/mol. The molecule has 1 fully saturated rings. The lowest BCUT2D eigenvalue weighted by Crippen LogP contribution is -2.41. The molecule has 1 saturated heterocycles. The van der Waals surface area contributed by atoms with Gasteiger partial charge in [0.05, 0.1) is 16.9 Å². The first-order valence-electron chi connectivity index (χ1n) is 10.6. The maximum atomic E-state index is 6.24. The molecule has 2 rings (SSSR count). The van der Waals surface area contributed by atoms with Gasteiger partial charge in [-0.25, -0.2) is 0 Å². The molecule has 148 valence electrons. The molecule has 0 saturated carbocycles. The van der Waals surface area contributed by atoms with Crippen molar-refractivity contribution in [2.24, 2.45) is 0 Å². The molecule has 0 spiro atoms. The quantitative estimate of drug-likeness (QED) is 0.437. The van der Waals surface area contributed by atoms with Crippen LogP contribution in [0.15, 0.2) is 0 Å². The minimum atomic E-state index is -0.313. The van der Waals surface area contributed by atoms with Crippen LogP contribution >= 0.6 is 0 Å². The summed E-state index contributed by atoms with van der Waals surface area (Å²) in [6.45, 7) is 15.9. The number of aromatic nitrogens is 2. The number of nitrogens with zero attached hydrogens (tertiary/aromatic N) is 2. The van der Waals surface area contributed by atoms with Gasteiger partial charge in [0.15, 0.2) is 0 Å². The van der Waals surface area contributed by atoms with Crippen molar-refractivity contribution < 1.29 is 9.31 Å². The molecule has 0 N–H and O–H groups in total. The summed E-state index contributed by atoms with van der Waals surface area (Å²) in [7, 11) is -0.313. The molecule has 2 heterocycles. The highest BCUT2D eigenvalue weighted by molar-refractivity contribution is 6.63. The van der Waals surface area contributed by atoms with Gasteiger partial charge >= 0.3 is 7.12 Å². The van der Waals surface area contributed by atoms with Crippen molar-refractivity contribution in [3.63, 3.8) is 0 Å². The van der Waals surface area contributed by atoms with E-state index < -0.39 is 0 Å². The van der Waals surface area contributed by atoms with E-state index in [1.165, 1.54) is 57.1 Å². The zero-order valence-corrected chi connectivity index (χ0v) is 18.2. The molecule has 4 nitrogen and oxygen atoms in total. The second-order valence-electron chi connectivity index (χ2n) is 8.87. The number of aryl methyl sites for hydroxylation is 2. The Kier molecular flexibility index (Phi) is 7.38. The lowest BCUT2D eigenvalue weighted by atomic mass is 9.77. The summed E-state index contributed by atoms with van der Waals surface area (Å²) < 4.78 is 14.6. The molecule has 0 aromatic carbocycles. The molecule has 0 radical (unpaired) electrons. The van der Waals surface area contributed by atoms with Crippen LogP contribution in [0.4, 0.5) is 0 Å². The van der Waals surface area contributed by atoms with E-state index in [0.717, 1.165) is 17.7 Å². The van der Waals surface area contributed by atoms with Crippen LogP contribution < -0.4 is 5.46 Å². The summed E-state index contributed by atoms with van der Waals surface area (Å²) in [6.07, 6.45) is 10.7. The molecule has 0 aliphatic carbocycles. The van der Waals surface area contributed by atoms with Gasteiger partial charge in [-0.2, -0.15) is 5.10 Å². The third kappa shape index (κ3) is 4.92. The molecule has 0 amide bonds. The van der Waals surface area contributed by atoms with Crippen LogP contribution in [0.25, 0.3) is 0 Å². The SMILES string of the molecule is CCCCCCCCCCn1nc(C)c(B2OC(C)(C)C(C)(C)O2)c1C. The second-order valence-corrected chi connectivity index (χ2v) is 8.87. The molecular weight excluding hydrogens is 323 g/mol. The molecule has 1 aliphatic heterocycles. The van der Waals surface area contributed by atoms with E-state index >= 15 is 0 Å². The van der Waals surface area contributed by atoms with E-state index in [4.69, 9.17) is 14.4 Å². The molecule has 26 heavy (non-hydrogen) atoms. The molecule has 0 unspecified atom stereocenters. The third-order valence-electron chi connectivity index (χ3n) is 6.15. The van der Waals surface area contributed by atoms with Crippen LogP contribution in [0.1, 0.15) is 97.4 Å². The maximum Gasteiger partial charge on any atom is 0.498 e. The van der Waals surface area contributed by atoms with Crippen molar-refractivity contribution in [2.45, 2.75) is 118 Å². The van der Waals surface area contributed by atoms with Crippen LogP contribution in [0.5, 0.6) is 0 Å². The average molecular weight is 362 g/mol. The minimum Gasteiger partial charge on any atom is -0.399 e. The first-order valence-corrected chi connectivity index (χ1v) is 10.6. The van der Waals surface area contributed by atoms with Crippen molar-refractivity contribution in [1.82, 2.24) is 9.78 Å². The molecule has 0 bridgehead atoms. The van der Waals surface area contributed by atoms with Crippen LogP contribution in [0.3, 0.4) is 0 Å². The fraction of sp³-hybridized carbons (Fsp3) is 0.857. The predicted octanol–water partition coefficient (Wildman–Crippen LogP) is 4.94. The normalized spacial score (nSPS) is 18.7. The van der Waals surface area contributed by atoms with Gasteiger partial charge in [-0.15, -0.1) is 0 Å². The highest BCUT2D eigenvalue weighted by Gasteiger charge is 2.53. The first kappa shape index (κ1) is 21.5. The second kappa shape index (κ2) is 8.92. The Hall–Kier alpha value is -0.805. The van der Waals surface area contributed by atoms with Gasteiger partial charge < -0.3 is 9.31 Å². The summed E-state index contributed by atoms with van der Waals surface area (Å²) in [5.74, 6) is 0. The van der Waals surface area contributed by atoms with E-state index in [1.54, 1.807) is 0 Å². The highest BCUT2D eigenvalue weighted by Crippen LogP contribution is 2.36. The van der Waals surface area contributed by atoms with Gasteiger partial charge in [-0.05, 0) is 48.0 Å². The number of hydrogen-bond donors (Lipinski definition) is 0. The zero-order chi connectivity index (χ0) is 19.4. The molecule has 5 heteroatoms. The van der Waals surface area contributed by atoms with E-state index in [-0.39, 0.29) is 18.3 Å². The Balaban J connectivity index is 1.87. The molecular formula is C21H39BN2O2. The summed E-state index contributed by atoms with van der Waals surface area (Å²) >= 11 is 0. The van der Waals surface area contributed by atoms with E-state index in [1.807, 2.05) is 0 Å². The van der Waals surface area contributed by atoms with Gasteiger partial charge in [-0.3, -0.25) is 4.68 Å². The first-order chi connectivity index (χ1) is 12.2. The standard InChI is InChI=1S/C21H39BN2O2/c1-8-9-10-11-12-13-14-15-16-24-18(3)19(17(2)23-24)22-25-20(4,5)21(6,7)26-22/h8-16H2,1-7H3. The minimum absolute atomic E-state index is 0.309. The average Bonchev–Trinajstić information content (AvgIpc) is 2.94. The summed E-state index contributed by atoms with van der Waals surface area (Å²) in [4.78, 5) is 0. The van der Waals surface area contributed by atoms with Crippen LogP contribution in [0.2, 0.25) is 0 Å². The van der Waals surface area contributed by atoms with Crippen molar-refractivity contribution in [3.05, 3.63) is 11.4 Å². The Morgan fingerprint density at radius 1 is 0.846 bits per heavy atom. The van der Waals surface area contributed by atoms with Crippen LogP contribution in [0, 0.1) is 13.8 Å². The fourth-order valence-corrected chi connectivity index (χ4v) is 3.63. The Morgan fingerprint density at radius 2 is 1.35 bits per heavy atom. The molecule has 1 aromatic rings. The zero-order valence-electron chi connectivity index (χ0n) is 18.2. The Morgan fingerprint density at radius 3 is 1.88 bits per heavy atom. The van der Waals surface area contributed by atoms with Gasteiger partial charge in [0.2, 0.25) is 0 Å². The van der Waals surface area contributed by atoms with E-state index in [2.05, 4.69) is 53.1 Å². The third-order valence-corrected chi connectivity index (χ3v) is 6.15. The number of rotatable bonds is 10. The fourth-order valence-electron chi connectivity index (χ4n) is 3.63. The van der Waals surface area contributed by atoms with E-state index in [9.17, 15) is 0 Å². The summed E-state index contributed by atoms with van der Waals surface area (Å²) in [5.41, 5.74) is 2.71. The molecule has 1 aromatic heterocycles. The van der Waals surface area contributed by atoms with Gasteiger partial charge in [-0.1, -0.05) is 51.9 Å². The smallest absolute Gasteiger partial charge is 0.399 e. The van der Waals surface area contributed by atoms with Gasteiger partial charge in [0, 0.05) is 17.7 Å². The van der Waals surface area contributed by atoms with Crippen LogP contribution in [-0.2, 0) is 15.9 Å². The maximum absolute atomic E-state index is 6.24. The van der Waals surface area contributed by atoms with Crippen molar-refractivity contribution in [2.75, 3.05) is 0 Å². The summed E-state index contributed by atoms with van der Waals surface area (Å²) in [6, 6.07) is 0. The lowest BCUT2D eigenvalue weighted by Gasteiger charge is -2.32. The van der Waals surface area contributed by atoms with Crippen LogP contribution in [-0.4, -0.2) is 28.1 Å². The molecule has 0 atom stereocenters. The Labute approximate surface area is 161 Å². The number of hydrogen-bond acceptors (Lipinski definition) is 3. The molecule has 1 aliphatic rings. The van der Waals surface area contributed by atoms with Crippen molar-refractivity contribution in [1.29, 1.82) is 0 Å². The topological polar surface area (TPSA) is 36.3 Å². The largest absolute Gasteiger partial charge is 0.498 e. The Bertz CT molecular complexity index is 565. The van der Waals surface area contributed by atoms with E-state index in [0.29, 0.717) is 0 Å². The predicted molar refractivity (Wildman–Crippen MR) is 110 cm³/mol. The summed E-state index contributed by atoms with van der Waals surface area (Å²) in [5, 5.41) is 4.77. The number of unbranched alkanes of at least 4 members (excludes halogenated alkanes) is 7.